The highest BCUT2D eigenvalue weighted by Gasteiger charge is 2.27. The highest BCUT2D eigenvalue weighted by Crippen LogP contribution is 2.36. The normalized spacial score (nSPS) is 22.8. The van der Waals surface area contributed by atoms with Crippen LogP contribution in [0.25, 0.3) is 0 Å². The minimum absolute atomic E-state index is 0.351. The van der Waals surface area contributed by atoms with Crippen molar-refractivity contribution >= 4 is 5.78 Å². The second kappa shape index (κ2) is 4.32. The molecule has 2 nitrogen and oxygen atoms in total. The molecular formula is C15H21NO. The van der Waals surface area contributed by atoms with Gasteiger partial charge in [0.25, 0.3) is 0 Å². The summed E-state index contributed by atoms with van der Waals surface area (Å²) in [5, 5.41) is 0. The van der Waals surface area contributed by atoms with Crippen LogP contribution < -0.4 is 0 Å². The van der Waals surface area contributed by atoms with Gasteiger partial charge in [0.05, 0.1) is 0 Å². The number of hydrogen-bond donors (Lipinski definition) is 0. The summed E-state index contributed by atoms with van der Waals surface area (Å²) in [6, 6.07) is 2.62. The average Bonchev–Trinajstić information content (AvgIpc) is 2.98. The molecule has 17 heavy (non-hydrogen) atoms. The van der Waals surface area contributed by atoms with Gasteiger partial charge in [0, 0.05) is 29.9 Å². The van der Waals surface area contributed by atoms with Gasteiger partial charge in [0.2, 0.25) is 0 Å². The molecule has 1 aromatic heterocycles. The van der Waals surface area contributed by atoms with Gasteiger partial charge in [-0.3, -0.25) is 4.79 Å². The highest BCUT2D eigenvalue weighted by atomic mass is 16.1. The number of ketones is 1. The monoisotopic (exact) mass is 231 g/mol. The fourth-order valence-electron chi connectivity index (χ4n) is 3.60. The Morgan fingerprint density at radius 1 is 1.24 bits per heavy atom. The van der Waals surface area contributed by atoms with Crippen LogP contribution in [-0.4, -0.2) is 10.4 Å². The fraction of sp³-hybridized carbons (Fsp3) is 0.667. The van der Waals surface area contributed by atoms with Crippen LogP contribution in [0, 0.1) is 5.92 Å². The lowest BCUT2D eigenvalue weighted by atomic mass is 9.95. The summed E-state index contributed by atoms with van der Waals surface area (Å²) in [4.78, 5) is 11.8. The molecule has 2 aliphatic carbocycles. The molecule has 3 rings (SSSR count). The minimum Gasteiger partial charge on any atom is -0.348 e. The van der Waals surface area contributed by atoms with E-state index in [9.17, 15) is 4.79 Å². The van der Waals surface area contributed by atoms with Crippen LogP contribution in [0.2, 0.25) is 0 Å². The van der Waals surface area contributed by atoms with Gasteiger partial charge in [-0.15, -0.1) is 0 Å². The molecule has 0 bridgehead atoms. The number of nitrogens with zero attached hydrogens (tertiary/aromatic N) is 1. The molecule has 0 aliphatic heterocycles. The summed E-state index contributed by atoms with van der Waals surface area (Å²) in [5.74, 6) is 1.17. The lowest BCUT2D eigenvalue weighted by Crippen LogP contribution is -2.19. The van der Waals surface area contributed by atoms with Gasteiger partial charge in [0.15, 0.2) is 5.78 Å². The molecule has 2 heteroatoms. The van der Waals surface area contributed by atoms with Crippen LogP contribution in [0.4, 0.5) is 0 Å². The molecule has 92 valence electrons. The zero-order valence-electron chi connectivity index (χ0n) is 10.6. The summed E-state index contributed by atoms with van der Waals surface area (Å²) in [5.41, 5.74) is 2.31. The lowest BCUT2D eigenvalue weighted by Gasteiger charge is -2.25. The van der Waals surface area contributed by atoms with E-state index >= 15 is 0 Å². The predicted molar refractivity (Wildman–Crippen MR) is 68.4 cm³/mol. The molecule has 2 aliphatic rings. The van der Waals surface area contributed by atoms with E-state index in [0.29, 0.717) is 11.8 Å². The van der Waals surface area contributed by atoms with Crippen LogP contribution in [-0.2, 0) is 6.42 Å². The van der Waals surface area contributed by atoms with Crippen molar-refractivity contribution in [3.63, 3.8) is 0 Å². The highest BCUT2D eigenvalue weighted by molar-refractivity contribution is 5.98. The maximum Gasteiger partial charge on any atom is 0.164 e. The maximum atomic E-state index is 11.8. The van der Waals surface area contributed by atoms with Crippen molar-refractivity contribution < 1.29 is 4.79 Å². The molecule has 1 saturated carbocycles. The number of carbonyl (C=O) groups is 1. The lowest BCUT2D eigenvalue weighted by molar-refractivity contribution is 0.0971. The first kappa shape index (κ1) is 11.1. The van der Waals surface area contributed by atoms with Gasteiger partial charge < -0.3 is 4.57 Å². The molecule has 0 saturated heterocycles. The van der Waals surface area contributed by atoms with Gasteiger partial charge in [-0.25, -0.2) is 0 Å². The summed E-state index contributed by atoms with van der Waals surface area (Å²) in [6.45, 7) is 2.33. The molecular weight excluding hydrogens is 210 g/mol. The van der Waals surface area contributed by atoms with Crippen LogP contribution in [0.15, 0.2) is 12.3 Å². The zero-order valence-corrected chi connectivity index (χ0v) is 10.6. The Balaban J connectivity index is 1.90. The summed E-state index contributed by atoms with van der Waals surface area (Å²) >= 11 is 0. The first-order valence-corrected chi connectivity index (χ1v) is 7.00. The van der Waals surface area contributed by atoms with Crippen LogP contribution in [0.1, 0.15) is 67.5 Å². The molecule has 0 spiro atoms. The number of rotatable bonds is 2. The molecule has 0 N–H and O–H groups in total. The molecule has 0 amide bonds. The SMILES string of the molecule is CC(C1CCCC1)n1ccc2c1CCCC2=O. The fourth-order valence-corrected chi connectivity index (χ4v) is 3.60. The van der Waals surface area contributed by atoms with Crippen molar-refractivity contribution in [3.05, 3.63) is 23.5 Å². The molecule has 1 unspecified atom stereocenters. The largest absolute Gasteiger partial charge is 0.348 e. The van der Waals surface area contributed by atoms with Crippen molar-refractivity contribution in [2.24, 2.45) is 5.92 Å². The quantitative estimate of drug-likeness (QED) is 0.759. The molecule has 1 aromatic rings. The van der Waals surface area contributed by atoms with Crippen LogP contribution in [0.5, 0.6) is 0 Å². The van der Waals surface area contributed by atoms with Gasteiger partial charge in [-0.1, -0.05) is 12.8 Å². The number of hydrogen-bond acceptors (Lipinski definition) is 1. The minimum atomic E-state index is 0.351. The molecule has 0 aromatic carbocycles. The third-order valence-electron chi connectivity index (χ3n) is 4.66. The number of fused-ring (bicyclic) bond motifs is 1. The Hall–Kier alpha value is -1.05. The average molecular weight is 231 g/mol. The van der Waals surface area contributed by atoms with E-state index in [4.69, 9.17) is 0 Å². The zero-order chi connectivity index (χ0) is 11.8. The number of aromatic nitrogens is 1. The third-order valence-corrected chi connectivity index (χ3v) is 4.66. The van der Waals surface area contributed by atoms with Crippen LogP contribution in [0.3, 0.4) is 0 Å². The van der Waals surface area contributed by atoms with E-state index < -0.39 is 0 Å². The van der Waals surface area contributed by atoms with Crippen molar-refractivity contribution in [2.45, 2.75) is 57.9 Å². The second-order valence-electron chi connectivity index (χ2n) is 5.65. The van der Waals surface area contributed by atoms with Crippen molar-refractivity contribution in [3.8, 4) is 0 Å². The topological polar surface area (TPSA) is 22.0 Å². The standard InChI is InChI=1S/C15H21NO/c1-11(12-5-2-3-6-12)16-10-9-13-14(16)7-4-8-15(13)17/h9-12H,2-8H2,1H3. The van der Waals surface area contributed by atoms with Gasteiger partial charge >= 0.3 is 0 Å². The molecule has 1 fully saturated rings. The van der Waals surface area contributed by atoms with Crippen LogP contribution >= 0.6 is 0 Å². The number of carbonyl (C=O) groups excluding carboxylic acids is 1. The van der Waals surface area contributed by atoms with E-state index in [1.54, 1.807) is 0 Å². The van der Waals surface area contributed by atoms with Gasteiger partial charge in [-0.05, 0) is 44.6 Å². The Kier molecular flexibility index (Phi) is 2.81. The van der Waals surface area contributed by atoms with Gasteiger partial charge in [-0.2, -0.15) is 0 Å². The van der Waals surface area contributed by atoms with E-state index in [0.717, 1.165) is 30.7 Å². The van der Waals surface area contributed by atoms with E-state index in [2.05, 4.69) is 17.7 Å². The summed E-state index contributed by atoms with van der Waals surface area (Å²) < 4.78 is 2.39. The smallest absolute Gasteiger partial charge is 0.164 e. The van der Waals surface area contributed by atoms with E-state index in [-0.39, 0.29) is 0 Å². The Morgan fingerprint density at radius 3 is 2.76 bits per heavy atom. The first-order chi connectivity index (χ1) is 8.27. The van der Waals surface area contributed by atoms with Crippen molar-refractivity contribution in [2.75, 3.05) is 0 Å². The Morgan fingerprint density at radius 2 is 2.00 bits per heavy atom. The predicted octanol–water partition coefficient (Wildman–Crippen LogP) is 3.76. The molecule has 1 atom stereocenters. The summed E-state index contributed by atoms with van der Waals surface area (Å²) in [7, 11) is 0. The van der Waals surface area contributed by atoms with Gasteiger partial charge in [0.1, 0.15) is 0 Å². The second-order valence-corrected chi connectivity index (χ2v) is 5.65. The molecule has 0 radical (unpaired) electrons. The first-order valence-electron chi connectivity index (χ1n) is 7.00. The Labute approximate surface area is 103 Å². The Bertz CT molecular complexity index is 426. The maximum absolute atomic E-state index is 11.8. The molecule has 1 heterocycles. The van der Waals surface area contributed by atoms with E-state index in [1.807, 2.05) is 6.07 Å². The summed E-state index contributed by atoms with van der Waals surface area (Å²) in [6.07, 6.45) is 10.5. The van der Waals surface area contributed by atoms with E-state index in [1.165, 1.54) is 31.4 Å². The van der Waals surface area contributed by atoms with Crippen molar-refractivity contribution in [1.29, 1.82) is 0 Å². The third kappa shape index (κ3) is 1.84. The van der Waals surface area contributed by atoms with Crippen molar-refractivity contribution in [1.82, 2.24) is 4.57 Å². The number of Topliss-reactive ketones (excluding diaryl/α,β-unsaturated/α-hetero) is 1.